The first-order valence-electron chi connectivity index (χ1n) is 19.1. The summed E-state index contributed by atoms with van der Waals surface area (Å²) in [6, 6.07) is 20.3. The molecule has 0 spiro atoms. The molecular weight excluding hydrogens is 849 g/mol. The topological polar surface area (TPSA) is 18.5 Å². The fourth-order valence-electron chi connectivity index (χ4n) is 6.60. The Bertz CT molecular complexity index is 1330. The molecule has 0 unspecified atom stereocenters. The van der Waals surface area contributed by atoms with Crippen molar-refractivity contribution in [1.82, 2.24) is 0 Å². The Labute approximate surface area is 348 Å². The molecule has 3 aromatic carbocycles. The Morgan fingerprint density at radius 3 is 1.39 bits per heavy atom. The second-order valence-electron chi connectivity index (χ2n) is 16.3. The summed E-state index contributed by atoms with van der Waals surface area (Å²) in [4.78, 5) is 0. The number of unbranched alkanes of at least 4 members (excludes halogenated alkanes) is 3. The van der Waals surface area contributed by atoms with Crippen LogP contribution in [0, 0.1) is 6.07 Å². The van der Waals surface area contributed by atoms with Gasteiger partial charge in [-0.05, 0) is 62.5 Å². The molecule has 292 valence electrons. The second-order valence-corrected chi connectivity index (χ2v) is 20.1. The van der Waals surface area contributed by atoms with Gasteiger partial charge < -0.3 is 33.5 Å². The van der Waals surface area contributed by atoms with Gasteiger partial charge in [0, 0.05) is 10.9 Å². The van der Waals surface area contributed by atoms with E-state index in [1.165, 1.54) is 77.2 Å². The van der Waals surface area contributed by atoms with Crippen molar-refractivity contribution in [3.63, 3.8) is 0 Å². The van der Waals surface area contributed by atoms with E-state index >= 15 is 0 Å². The zero-order valence-corrected chi connectivity index (χ0v) is 40.2. The zero-order chi connectivity index (χ0) is 37.5. The molecule has 0 bridgehead atoms. The monoisotopic (exact) mass is 922 g/mol. The first kappa shape index (κ1) is 52.2. The smallest absolute Gasteiger partial charge is 1.00 e. The minimum absolute atomic E-state index is 0. The third-order valence-electron chi connectivity index (χ3n) is 8.80. The van der Waals surface area contributed by atoms with Crippen molar-refractivity contribution in [2.45, 2.75) is 170 Å². The minimum Gasteiger partial charge on any atom is -1.00 e. The van der Waals surface area contributed by atoms with E-state index in [0.717, 1.165) is 11.5 Å². The molecule has 3 rings (SSSR count). The third-order valence-corrected chi connectivity index (χ3v) is 12.4. The van der Waals surface area contributed by atoms with Gasteiger partial charge in [0.25, 0.3) is 0 Å². The van der Waals surface area contributed by atoms with Crippen LogP contribution in [0.15, 0.2) is 48.5 Å². The van der Waals surface area contributed by atoms with E-state index in [4.69, 9.17) is 9.47 Å². The number of halogens is 1. The van der Waals surface area contributed by atoms with E-state index in [1.54, 1.807) is 7.11 Å². The van der Waals surface area contributed by atoms with Crippen LogP contribution < -0.4 is 38.8 Å². The molecule has 5 heteroatoms. The Morgan fingerprint density at radius 1 is 0.627 bits per heavy atom. The van der Waals surface area contributed by atoms with Gasteiger partial charge >= 0.3 is 20.4 Å². The van der Waals surface area contributed by atoms with Crippen LogP contribution in [-0.4, -0.2) is 24.5 Å². The summed E-state index contributed by atoms with van der Waals surface area (Å²) < 4.78 is 12.2. The molecule has 0 saturated heterocycles. The van der Waals surface area contributed by atoms with E-state index in [0.29, 0.717) is 17.8 Å². The number of hydrogen-bond donors (Lipinski definition) is 0. The van der Waals surface area contributed by atoms with Crippen molar-refractivity contribution >= 4 is 13.2 Å². The zero-order valence-electron chi connectivity index (χ0n) is 35.6. The molecular formula is C46H74IO2PPd. The standard InChI is InChI=1S/C31H49O2P.C10H13.C5H12.HI.Pd/c1-19(2)22-17-23(20(3)4)27(24(18-22)21(5)6)28-25(32-13)15-16-26(33-14)29(28)34(30(7,8)9)31(10,11)12;1-2-3-7-10-8-5-4-6-9-10;1-3-5-4-2;;/h15-21H,1-14H3;5-6,8-9H,2-3,7H2,1H3;3-5H2,1-2H3;1H;/q;-1;;;+2/p-1. The summed E-state index contributed by atoms with van der Waals surface area (Å²) in [5, 5.41) is 1.52. The predicted octanol–water partition coefficient (Wildman–Crippen LogP) is 11.5. The Morgan fingerprint density at radius 2 is 1.06 bits per heavy atom. The van der Waals surface area contributed by atoms with Gasteiger partial charge in [0.15, 0.2) is 0 Å². The van der Waals surface area contributed by atoms with E-state index < -0.39 is 7.92 Å². The largest absolute Gasteiger partial charge is 2.00 e. The summed E-state index contributed by atoms with van der Waals surface area (Å²) in [5.74, 6) is 3.19. The third kappa shape index (κ3) is 16.1. The molecule has 0 fully saturated rings. The first-order valence-corrected chi connectivity index (χ1v) is 20.4. The molecule has 3 aromatic rings. The molecule has 0 amide bonds. The van der Waals surface area contributed by atoms with Crippen LogP contribution in [0.25, 0.3) is 11.1 Å². The predicted molar refractivity (Wildman–Crippen MR) is 222 cm³/mol. The number of aryl methyl sites for hydroxylation is 1. The molecule has 0 saturated carbocycles. The van der Waals surface area contributed by atoms with E-state index in [-0.39, 0.29) is 54.7 Å². The van der Waals surface area contributed by atoms with Crippen LogP contribution in [0.2, 0.25) is 0 Å². The summed E-state index contributed by atoms with van der Waals surface area (Å²) in [7, 11) is 2.99. The fourth-order valence-corrected chi connectivity index (χ4v) is 10.8. The molecule has 0 radical (unpaired) electrons. The van der Waals surface area contributed by atoms with Crippen LogP contribution in [0.1, 0.15) is 176 Å². The number of ether oxygens (including phenoxy) is 2. The van der Waals surface area contributed by atoms with Gasteiger partial charge in [0.2, 0.25) is 0 Å². The van der Waals surface area contributed by atoms with Crippen LogP contribution in [0.5, 0.6) is 11.5 Å². The molecule has 51 heavy (non-hydrogen) atoms. The van der Waals surface area contributed by atoms with Crippen molar-refractivity contribution in [3.05, 3.63) is 76.9 Å². The molecule has 0 heterocycles. The van der Waals surface area contributed by atoms with Crippen LogP contribution in [0.4, 0.5) is 0 Å². The fraction of sp³-hybridized carbons (Fsp3) is 0.609. The SMILES string of the molecule is CCCCC.CCCCc1cc[c-]cc1.COc1ccc(OC)c(P(C(C)(C)C)C(C)(C)C)c1-c1c(C(C)C)cc(C(C)C)cc1C(C)C.[I-].[Pd+2]. The van der Waals surface area contributed by atoms with Gasteiger partial charge in [-0.2, -0.15) is 35.9 Å². The van der Waals surface area contributed by atoms with Crippen LogP contribution in [-0.2, 0) is 26.8 Å². The van der Waals surface area contributed by atoms with Crippen LogP contribution in [0.3, 0.4) is 0 Å². The quantitative estimate of drug-likeness (QED) is 0.0780. The molecule has 0 aliphatic carbocycles. The second kappa shape index (κ2) is 25.2. The van der Waals surface area contributed by atoms with Gasteiger partial charge in [-0.15, -0.1) is 0 Å². The average molecular weight is 923 g/mol. The maximum Gasteiger partial charge on any atom is 2.00 e. The molecule has 0 aliphatic heterocycles. The van der Waals surface area contributed by atoms with E-state index in [2.05, 4.69) is 146 Å². The van der Waals surface area contributed by atoms with E-state index in [9.17, 15) is 0 Å². The Balaban J connectivity index is 0. The number of methoxy groups -OCH3 is 2. The average Bonchev–Trinajstić information content (AvgIpc) is 3.03. The number of hydrogen-bond acceptors (Lipinski definition) is 2. The number of benzene rings is 3. The van der Waals surface area contributed by atoms with Crippen molar-refractivity contribution in [2.75, 3.05) is 14.2 Å². The molecule has 0 aliphatic rings. The van der Waals surface area contributed by atoms with Crippen molar-refractivity contribution in [2.24, 2.45) is 0 Å². The van der Waals surface area contributed by atoms with Gasteiger partial charge in [-0.1, -0.05) is 162 Å². The summed E-state index contributed by atoms with van der Waals surface area (Å²) in [6.07, 6.45) is 7.86. The Kier molecular flexibility index (Phi) is 25.8. The van der Waals surface area contributed by atoms with Crippen molar-refractivity contribution < 1.29 is 53.9 Å². The summed E-state index contributed by atoms with van der Waals surface area (Å²) >= 11 is 0. The normalized spacial score (nSPS) is 11.3. The van der Waals surface area contributed by atoms with Crippen molar-refractivity contribution in [3.8, 4) is 22.6 Å². The van der Waals surface area contributed by atoms with E-state index in [1.807, 2.05) is 19.2 Å². The minimum atomic E-state index is -0.619. The first-order chi connectivity index (χ1) is 22.9. The number of rotatable bonds is 12. The Hall–Kier alpha value is -0.918. The maximum atomic E-state index is 6.12. The summed E-state index contributed by atoms with van der Waals surface area (Å²) in [5.41, 5.74) is 8.23. The maximum absolute atomic E-state index is 6.12. The van der Waals surface area contributed by atoms with Gasteiger partial charge in [-0.25, -0.2) is 0 Å². The molecule has 0 aromatic heterocycles. The van der Waals surface area contributed by atoms with Gasteiger partial charge in [0.05, 0.1) is 14.2 Å². The molecule has 0 N–H and O–H groups in total. The molecule has 0 atom stereocenters. The van der Waals surface area contributed by atoms with Crippen LogP contribution >= 0.6 is 7.92 Å². The van der Waals surface area contributed by atoms with Gasteiger partial charge in [0.1, 0.15) is 11.5 Å². The van der Waals surface area contributed by atoms with Gasteiger partial charge in [-0.3, -0.25) is 0 Å². The molecule has 2 nitrogen and oxygen atoms in total. The van der Waals surface area contributed by atoms with Crippen molar-refractivity contribution in [1.29, 1.82) is 0 Å². The summed E-state index contributed by atoms with van der Waals surface area (Å²) in [6.45, 7) is 34.7.